The normalized spacial score (nSPS) is 10.2. The highest BCUT2D eigenvalue weighted by Gasteiger charge is 2.08. The maximum Gasteiger partial charge on any atom is 0.234 e. The van der Waals surface area contributed by atoms with E-state index in [0.29, 0.717) is 22.9 Å². The van der Waals surface area contributed by atoms with Crippen LogP contribution in [0.1, 0.15) is 5.56 Å². The second-order valence-corrected chi connectivity index (χ2v) is 6.07. The van der Waals surface area contributed by atoms with Crippen LogP contribution in [0.5, 0.6) is 17.2 Å². The van der Waals surface area contributed by atoms with E-state index in [0.717, 1.165) is 5.56 Å². The van der Waals surface area contributed by atoms with Gasteiger partial charge in [0.25, 0.3) is 0 Å². The molecular formula is C18H20FNO4S. The number of amides is 1. The lowest BCUT2D eigenvalue weighted by molar-refractivity contribution is -0.113. The van der Waals surface area contributed by atoms with Crippen molar-refractivity contribution in [2.75, 3.05) is 32.4 Å². The third-order valence-corrected chi connectivity index (χ3v) is 4.39. The number of methoxy groups -OCH3 is 3. The Hall–Kier alpha value is -2.41. The first-order valence-corrected chi connectivity index (χ1v) is 8.65. The van der Waals surface area contributed by atoms with Crippen molar-refractivity contribution in [3.63, 3.8) is 0 Å². The second-order valence-electron chi connectivity index (χ2n) is 5.08. The number of halogens is 1. The average Bonchev–Trinajstić information content (AvgIpc) is 2.61. The Kier molecular flexibility index (Phi) is 6.94. The number of benzene rings is 2. The third kappa shape index (κ3) is 5.29. The summed E-state index contributed by atoms with van der Waals surface area (Å²) in [6, 6.07) is 9.93. The lowest BCUT2D eigenvalue weighted by Crippen LogP contribution is -2.14. The molecule has 25 heavy (non-hydrogen) atoms. The molecule has 0 aliphatic rings. The van der Waals surface area contributed by atoms with E-state index in [1.807, 2.05) is 0 Å². The molecule has 0 spiro atoms. The molecule has 0 aliphatic carbocycles. The lowest BCUT2D eigenvalue weighted by Gasteiger charge is -2.10. The van der Waals surface area contributed by atoms with Gasteiger partial charge in [-0.05, 0) is 29.8 Å². The Morgan fingerprint density at radius 1 is 1.00 bits per heavy atom. The molecule has 0 radical (unpaired) electrons. The van der Waals surface area contributed by atoms with Gasteiger partial charge in [-0.15, -0.1) is 11.8 Å². The Morgan fingerprint density at radius 3 is 2.32 bits per heavy atom. The number of hydrogen-bond donors (Lipinski definition) is 1. The smallest absolute Gasteiger partial charge is 0.234 e. The minimum Gasteiger partial charge on any atom is -0.494 e. The van der Waals surface area contributed by atoms with Crippen LogP contribution in [0.3, 0.4) is 0 Å². The number of anilines is 1. The van der Waals surface area contributed by atoms with Gasteiger partial charge >= 0.3 is 0 Å². The van der Waals surface area contributed by atoms with Gasteiger partial charge < -0.3 is 19.5 Å². The predicted molar refractivity (Wildman–Crippen MR) is 97.3 cm³/mol. The zero-order chi connectivity index (χ0) is 18.2. The van der Waals surface area contributed by atoms with E-state index in [1.165, 1.54) is 32.0 Å². The molecule has 0 aromatic heterocycles. The number of carbonyl (C=O) groups is 1. The molecule has 0 atom stereocenters. The van der Waals surface area contributed by atoms with Gasteiger partial charge in [-0.3, -0.25) is 4.79 Å². The molecule has 2 aromatic rings. The van der Waals surface area contributed by atoms with Crippen LogP contribution in [0.4, 0.5) is 10.1 Å². The van der Waals surface area contributed by atoms with Gasteiger partial charge in [0.15, 0.2) is 23.1 Å². The van der Waals surface area contributed by atoms with Crippen LogP contribution in [0.2, 0.25) is 0 Å². The van der Waals surface area contributed by atoms with Crippen molar-refractivity contribution in [2.24, 2.45) is 0 Å². The van der Waals surface area contributed by atoms with E-state index in [-0.39, 0.29) is 17.4 Å². The molecule has 0 bridgehead atoms. The van der Waals surface area contributed by atoms with E-state index >= 15 is 0 Å². The molecule has 0 aliphatic heterocycles. The summed E-state index contributed by atoms with van der Waals surface area (Å²) in [5.74, 6) is 1.57. The lowest BCUT2D eigenvalue weighted by atomic mass is 10.2. The van der Waals surface area contributed by atoms with Gasteiger partial charge in [-0.25, -0.2) is 4.39 Å². The van der Waals surface area contributed by atoms with Gasteiger partial charge in [0.05, 0.1) is 27.1 Å². The van der Waals surface area contributed by atoms with Crippen molar-refractivity contribution in [3.8, 4) is 17.2 Å². The van der Waals surface area contributed by atoms with Crippen LogP contribution in [-0.4, -0.2) is 33.0 Å². The van der Waals surface area contributed by atoms with E-state index in [1.54, 1.807) is 37.4 Å². The van der Waals surface area contributed by atoms with Crippen LogP contribution in [-0.2, 0) is 10.5 Å². The fourth-order valence-electron chi connectivity index (χ4n) is 2.17. The van der Waals surface area contributed by atoms with Gasteiger partial charge in [-0.2, -0.15) is 0 Å². The summed E-state index contributed by atoms with van der Waals surface area (Å²) in [4.78, 5) is 12.0. The van der Waals surface area contributed by atoms with Crippen LogP contribution < -0.4 is 19.5 Å². The fourth-order valence-corrected chi connectivity index (χ4v) is 2.95. The summed E-state index contributed by atoms with van der Waals surface area (Å²) >= 11 is 1.40. The zero-order valence-electron chi connectivity index (χ0n) is 14.3. The van der Waals surface area contributed by atoms with E-state index in [2.05, 4.69) is 5.32 Å². The highest BCUT2D eigenvalue weighted by molar-refractivity contribution is 7.99. The maximum atomic E-state index is 13.6. The van der Waals surface area contributed by atoms with Gasteiger partial charge in [0.1, 0.15) is 0 Å². The molecule has 0 heterocycles. The molecule has 2 aromatic carbocycles. The van der Waals surface area contributed by atoms with Crippen molar-refractivity contribution in [1.82, 2.24) is 0 Å². The standard InChI is InChI=1S/C18H20FNO4S/c1-22-15-6-4-12(8-14(15)19)10-25-11-18(21)20-13-5-7-16(23-2)17(9-13)24-3/h4-9H,10-11H2,1-3H3,(H,20,21). The molecule has 0 saturated heterocycles. The molecule has 134 valence electrons. The Morgan fingerprint density at radius 2 is 1.68 bits per heavy atom. The van der Waals surface area contributed by atoms with Crippen molar-refractivity contribution in [2.45, 2.75) is 5.75 Å². The highest BCUT2D eigenvalue weighted by atomic mass is 32.2. The minimum absolute atomic E-state index is 0.147. The number of rotatable bonds is 8. The number of carbonyl (C=O) groups excluding carboxylic acids is 1. The Bertz CT molecular complexity index is 739. The molecule has 5 nitrogen and oxygen atoms in total. The number of nitrogens with one attached hydrogen (secondary N) is 1. The first-order chi connectivity index (χ1) is 12.1. The summed E-state index contributed by atoms with van der Waals surface area (Å²) in [7, 11) is 4.51. The molecule has 0 fully saturated rings. The van der Waals surface area contributed by atoms with Crippen LogP contribution >= 0.6 is 11.8 Å². The predicted octanol–water partition coefficient (Wildman–Crippen LogP) is 3.72. The largest absolute Gasteiger partial charge is 0.494 e. The summed E-state index contributed by atoms with van der Waals surface area (Å²) in [5.41, 5.74) is 1.42. The summed E-state index contributed by atoms with van der Waals surface area (Å²) in [6.07, 6.45) is 0. The number of hydrogen-bond acceptors (Lipinski definition) is 5. The Balaban J connectivity index is 1.85. The molecule has 2 rings (SSSR count). The topological polar surface area (TPSA) is 56.8 Å². The highest BCUT2D eigenvalue weighted by Crippen LogP contribution is 2.29. The number of ether oxygens (including phenoxy) is 3. The molecule has 1 amide bonds. The van der Waals surface area contributed by atoms with E-state index in [9.17, 15) is 9.18 Å². The molecule has 0 saturated carbocycles. The molecular weight excluding hydrogens is 345 g/mol. The SMILES string of the molecule is COc1ccc(CSCC(=O)Nc2ccc(OC)c(OC)c2)cc1F. The third-order valence-electron chi connectivity index (χ3n) is 3.39. The minimum atomic E-state index is -0.407. The monoisotopic (exact) mass is 365 g/mol. The molecule has 7 heteroatoms. The van der Waals surface area contributed by atoms with Gasteiger partial charge in [-0.1, -0.05) is 6.07 Å². The quantitative estimate of drug-likeness (QED) is 0.773. The first-order valence-electron chi connectivity index (χ1n) is 7.49. The Labute approximate surface area is 150 Å². The number of thioether (sulfide) groups is 1. The first kappa shape index (κ1) is 18.9. The summed E-state index contributed by atoms with van der Waals surface area (Å²) < 4.78 is 28.9. The van der Waals surface area contributed by atoms with Crippen LogP contribution in [0.15, 0.2) is 36.4 Å². The van der Waals surface area contributed by atoms with E-state index < -0.39 is 5.82 Å². The average molecular weight is 365 g/mol. The van der Waals surface area contributed by atoms with Crippen molar-refractivity contribution < 1.29 is 23.4 Å². The molecule has 0 unspecified atom stereocenters. The van der Waals surface area contributed by atoms with Crippen molar-refractivity contribution in [3.05, 3.63) is 47.8 Å². The van der Waals surface area contributed by atoms with Crippen LogP contribution in [0, 0.1) is 5.82 Å². The fraction of sp³-hybridized carbons (Fsp3) is 0.278. The van der Waals surface area contributed by atoms with Crippen molar-refractivity contribution >= 4 is 23.4 Å². The summed E-state index contributed by atoms with van der Waals surface area (Å²) in [5, 5.41) is 2.79. The zero-order valence-corrected chi connectivity index (χ0v) is 15.1. The van der Waals surface area contributed by atoms with Gasteiger partial charge in [0, 0.05) is 17.5 Å². The van der Waals surface area contributed by atoms with Gasteiger partial charge in [0.2, 0.25) is 5.91 Å². The van der Waals surface area contributed by atoms with E-state index in [4.69, 9.17) is 14.2 Å². The van der Waals surface area contributed by atoms with Crippen molar-refractivity contribution in [1.29, 1.82) is 0 Å². The second kappa shape index (κ2) is 9.17. The summed E-state index contributed by atoms with van der Waals surface area (Å²) in [6.45, 7) is 0. The van der Waals surface area contributed by atoms with Crippen LogP contribution in [0.25, 0.3) is 0 Å². The molecule has 1 N–H and O–H groups in total. The maximum absolute atomic E-state index is 13.6.